The lowest BCUT2D eigenvalue weighted by atomic mass is 10.3. The van der Waals surface area contributed by atoms with Crippen LogP contribution in [0.2, 0.25) is 0 Å². The molecule has 1 aromatic rings. The minimum Gasteiger partial charge on any atom is -0.469 e. The lowest BCUT2D eigenvalue weighted by Gasteiger charge is -2.36. The van der Waals surface area contributed by atoms with Crippen molar-refractivity contribution >= 4 is 35.8 Å². The van der Waals surface area contributed by atoms with E-state index in [0.717, 1.165) is 56.4 Å². The summed E-state index contributed by atoms with van der Waals surface area (Å²) in [7, 11) is 1.63. The van der Waals surface area contributed by atoms with E-state index in [4.69, 9.17) is 14.1 Å². The molecule has 29 heavy (non-hydrogen) atoms. The minimum absolute atomic E-state index is 0. The van der Waals surface area contributed by atoms with Gasteiger partial charge >= 0.3 is 0 Å². The van der Waals surface area contributed by atoms with E-state index in [-0.39, 0.29) is 29.9 Å². The first-order chi connectivity index (χ1) is 13.6. The van der Waals surface area contributed by atoms with Crippen LogP contribution in [0.5, 0.6) is 0 Å². The summed E-state index contributed by atoms with van der Waals surface area (Å²) in [5.41, 5.74) is 1.02. The topological polar surface area (TPSA) is 82.3 Å². The van der Waals surface area contributed by atoms with Crippen LogP contribution in [0, 0.1) is 0 Å². The molecule has 0 spiro atoms. The fourth-order valence-corrected chi connectivity index (χ4v) is 2.90. The number of rotatable bonds is 10. The number of hydrogen-bond donors (Lipinski definition) is 2. The van der Waals surface area contributed by atoms with Gasteiger partial charge in [-0.1, -0.05) is 12.2 Å². The number of nitrogens with zero attached hydrogens (tertiary/aromatic N) is 3. The Hall–Kier alpha value is -1.59. The lowest BCUT2D eigenvalue weighted by molar-refractivity contribution is -0.122. The quantitative estimate of drug-likeness (QED) is 0.160. The maximum Gasteiger partial charge on any atom is 0.234 e. The van der Waals surface area contributed by atoms with Gasteiger partial charge in [-0.05, 0) is 19.1 Å². The number of carbonyl (C=O) groups excluding carboxylic acids is 1. The van der Waals surface area contributed by atoms with E-state index in [0.29, 0.717) is 26.2 Å². The summed E-state index contributed by atoms with van der Waals surface area (Å²) in [6.07, 6.45) is 2.50. The highest BCUT2D eigenvalue weighted by Crippen LogP contribution is 2.04. The van der Waals surface area contributed by atoms with Crippen molar-refractivity contribution in [1.29, 1.82) is 0 Å². The Balaban J connectivity index is 0.00000420. The van der Waals surface area contributed by atoms with Crippen molar-refractivity contribution in [1.82, 2.24) is 20.4 Å². The molecule has 0 radical (unpaired) electrons. The number of ether oxygens (including phenoxy) is 1. The summed E-state index contributed by atoms with van der Waals surface area (Å²) in [6.45, 7) is 12.1. The zero-order chi connectivity index (χ0) is 20.2. The van der Waals surface area contributed by atoms with Crippen molar-refractivity contribution in [2.45, 2.75) is 13.3 Å². The number of methoxy groups -OCH3 is 1. The maximum absolute atomic E-state index is 12.0. The second kappa shape index (κ2) is 14.4. The minimum atomic E-state index is 0. The van der Waals surface area contributed by atoms with Crippen molar-refractivity contribution in [2.24, 2.45) is 4.99 Å². The third-order valence-electron chi connectivity index (χ3n) is 4.40. The summed E-state index contributed by atoms with van der Waals surface area (Å²) >= 11 is 0. The van der Waals surface area contributed by atoms with Gasteiger partial charge in [-0.15, -0.1) is 24.0 Å². The molecule has 0 unspecified atom stereocenters. The van der Waals surface area contributed by atoms with Gasteiger partial charge in [0.15, 0.2) is 5.96 Å². The summed E-state index contributed by atoms with van der Waals surface area (Å²) in [6, 6.07) is 3.87. The van der Waals surface area contributed by atoms with Gasteiger partial charge in [0.2, 0.25) is 5.91 Å². The SMILES string of the molecule is C=C(C)CN=C(NCCc1ccco1)N1CCN(CC(=O)NCCOC)CC1.I. The van der Waals surface area contributed by atoms with Crippen molar-refractivity contribution in [3.05, 3.63) is 36.3 Å². The predicted octanol–water partition coefficient (Wildman–Crippen LogP) is 1.34. The molecule has 0 saturated carbocycles. The molecule has 164 valence electrons. The molecule has 0 aromatic carbocycles. The number of nitrogens with one attached hydrogen (secondary N) is 2. The Morgan fingerprint density at radius 2 is 2.03 bits per heavy atom. The first-order valence-corrected chi connectivity index (χ1v) is 9.76. The molecular formula is C20H34IN5O3. The number of amides is 1. The van der Waals surface area contributed by atoms with Crippen LogP contribution in [0.3, 0.4) is 0 Å². The zero-order valence-corrected chi connectivity index (χ0v) is 19.8. The van der Waals surface area contributed by atoms with Crippen LogP contribution in [0.15, 0.2) is 40.0 Å². The fourth-order valence-electron chi connectivity index (χ4n) is 2.90. The molecule has 1 amide bonds. The molecule has 2 N–H and O–H groups in total. The molecule has 9 heteroatoms. The number of guanidine groups is 1. The molecule has 1 saturated heterocycles. The fraction of sp³-hybridized carbons (Fsp3) is 0.600. The molecule has 0 atom stereocenters. The van der Waals surface area contributed by atoms with Crippen LogP contribution in [0.25, 0.3) is 0 Å². The summed E-state index contributed by atoms with van der Waals surface area (Å²) in [4.78, 5) is 21.1. The van der Waals surface area contributed by atoms with Crippen molar-refractivity contribution < 1.29 is 13.9 Å². The van der Waals surface area contributed by atoms with E-state index in [1.54, 1.807) is 13.4 Å². The molecule has 0 aliphatic carbocycles. The van der Waals surface area contributed by atoms with Crippen LogP contribution >= 0.6 is 24.0 Å². The van der Waals surface area contributed by atoms with Crippen LogP contribution < -0.4 is 10.6 Å². The monoisotopic (exact) mass is 519 g/mol. The molecular weight excluding hydrogens is 485 g/mol. The normalized spacial score (nSPS) is 15.0. The Morgan fingerprint density at radius 3 is 2.66 bits per heavy atom. The third-order valence-corrected chi connectivity index (χ3v) is 4.40. The van der Waals surface area contributed by atoms with E-state index in [1.165, 1.54) is 0 Å². The van der Waals surface area contributed by atoms with Gasteiger partial charge in [-0.2, -0.15) is 0 Å². The van der Waals surface area contributed by atoms with E-state index >= 15 is 0 Å². The van der Waals surface area contributed by atoms with Gasteiger partial charge in [-0.3, -0.25) is 9.69 Å². The van der Waals surface area contributed by atoms with Gasteiger partial charge < -0.3 is 24.7 Å². The second-order valence-corrected chi connectivity index (χ2v) is 6.96. The van der Waals surface area contributed by atoms with Gasteiger partial charge in [0.1, 0.15) is 5.76 Å². The van der Waals surface area contributed by atoms with E-state index in [2.05, 4.69) is 27.0 Å². The van der Waals surface area contributed by atoms with E-state index in [9.17, 15) is 4.79 Å². The van der Waals surface area contributed by atoms with Crippen molar-refractivity contribution in [2.75, 3.05) is 66.1 Å². The average Bonchev–Trinajstić information content (AvgIpc) is 3.19. The van der Waals surface area contributed by atoms with Crippen LogP contribution in [-0.4, -0.2) is 87.7 Å². The molecule has 1 aliphatic rings. The van der Waals surface area contributed by atoms with Crippen LogP contribution in [0.1, 0.15) is 12.7 Å². The van der Waals surface area contributed by atoms with Crippen molar-refractivity contribution in [3.8, 4) is 0 Å². The standard InChI is InChI=1S/C20H33N5O3.HI/c1-17(2)15-23-20(22-7-6-18-5-4-13-28-18)25-11-9-24(10-12-25)16-19(26)21-8-14-27-3;/h4-5,13H,1,6-12,14-16H2,2-3H3,(H,21,26)(H,22,23);1H. The Morgan fingerprint density at radius 1 is 1.28 bits per heavy atom. The lowest BCUT2D eigenvalue weighted by Crippen LogP contribution is -2.54. The number of aliphatic imine (C=N–C) groups is 1. The third kappa shape index (κ3) is 10.1. The Labute approximate surface area is 190 Å². The highest BCUT2D eigenvalue weighted by Gasteiger charge is 2.21. The number of hydrogen-bond acceptors (Lipinski definition) is 5. The largest absolute Gasteiger partial charge is 0.469 e. The molecule has 8 nitrogen and oxygen atoms in total. The number of carbonyl (C=O) groups is 1. The molecule has 2 rings (SSSR count). The Kier molecular flexibility index (Phi) is 12.6. The molecule has 0 bridgehead atoms. The average molecular weight is 519 g/mol. The van der Waals surface area contributed by atoms with E-state index < -0.39 is 0 Å². The molecule has 1 aromatic heterocycles. The smallest absolute Gasteiger partial charge is 0.234 e. The summed E-state index contributed by atoms with van der Waals surface area (Å²) in [5.74, 6) is 1.88. The number of furan rings is 1. The van der Waals surface area contributed by atoms with Crippen LogP contribution in [-0.2, 0) is 16.0 Å². The first kappa shape index (κ1) is 25.4. The highest BCUT2D eigenvalue weighted by atomic mass is 127. The van der Waals surface area contributed by atoms with Gasteiger partial charge in [0, 0.05) is 52.8 Å². The molecule has 2 heterocycles. The van der Waals surface area contributed by atoms with Crippen molar-refractivity contribution in [3.63, 3.8) is 0 Å². The number of piperazine rings is 1. The van der Waals surface area contributed by atoms with E-state index in [1.807, 2.05) is 19.1 Å². The van der Waals surface area contributed by atoms with Gasteiger partial charge in [0.05, 0.1) is 26.0 Å². The Bertz CT molecular complexity index is 628. The predicted molar refractivity (Wildman–Crippen MR) is 126 cm³/mol. The second-order valence-electron chi connectivity index (χ2n) is 6.96. The van der Waals surface area contributed by atoms with Gasteiger partial charge in [-0.25, -0.2) is 4.99 Å². The molecule has 1 fully saturated rings. The number of halogens is 1. The summed E-state index contributed by atoms with van der Waals surface area (Å²) in [5, 5.41) is 6.30. The highest BCUT2D eigenvalue weighted by molar-refractivity contribution is 14.0. The van der Waals surface area contributed by atoms with Crippen LogP contribution in [0.4, 0.5) is 0 Å². The summed E-state index contributed by atoms with van der Waals surface area (Å²) < 4.78 is 10.3. The molecule has 1 aliphatic heterocycles. The van der Waals surface area contributed by atoms with Gasteiger partial charge in [0.25, 0.3) is 0 Å². The first-order valence-electron chi connectivity index (χ1n) is 9.76. The zero-order valence-electron chi connectivity index (χ0n) is 17.5. The maximum atomic E-state index is 12.0.